The van der Waals surface area contributed by atoms with Gasteiger partial charge in [-0.3, -0.25) is 0 Å². The topological polar surface area (TPSA) is 99.4 Å². The fraction of sp³-hybridized carbons (Fsp3) is 0.692. The van der Waals surface area contributed by atoms with Gasteiger partial charge in [0.15, 0.2) is 6.29 Å². The molecule has 0 aromatic carbocycles. The first-order valence-electron chi connectivity index (χ1n) is 6.40. The number of aliphatic hydroxyl groups is 4. The number of hydrogen-bond acceptors (Lipinski definition) is 6. The van der Waals surface area contributed by atoms with Crippen molar-refractivity contribution in [3.8, 4) is 0 Å². The maximum atomic E-state index is 9.86. The van der Waals surface area contributed by atoms with E-state index in [1.165, 1.54) is 0 Å². The summed E-state index contributed by atoms with van der Waals surface area (Å²) in [6.07, 6.45) is 2.11. The van der Waals surface area contributed by atoms with Gasteiger partial charge in [0, 0.05) is 6.42 Å². The minimum atomic E-state index is -1.16. The van der Waals surface area contributed by atoms with E-state index in [9.17, 15) is 15.3 Å². The average Bonchev–Trinajstić information content (AvgIpc) is 2.44. The van der Waals surface area contributed by atoms with Crippen LogP contribution in [-0.4, -0.2) is 64.3 Å². The fourth-order valence-corrected chi connectivity index (χ4v) is 2.26. The molecule has 0 amide bonds. The van der Waals surface area contributed by atoms with E-state index >= 15 is 0 Å². The summed E-state index contributed by atoms with van der Waals surface area (Å²) in [5.41, 5.74) is 0.693. The number of ether oxygens (including phenoxy) is 2. The zero-order chi connectivity index (χ0) is 13.8. The van der Waals surface area contributed by atoms with E-state index in [0.717, 1.165) is 0 Å². The Bertz CT molecular complexity index is 353. The van der Waals surface area contributed by atoms with Crippen molar-refractivity contribution in [2.45, 2.75) is 43.5 Å². The van der Waals surface area contributed by atoms with Crippen LogP contribution in [0.3, 0.4) is 0 Å². The Balaban J connectivity index is 2.00. The molecule has 2 aliphatic rings. The van der Waals surface area contributed by atoms with Gasteiger partial charge in [-0.2, -0.15) is 0 Å². The largest absolute Gasteiger partial charge is 0.394 e. The molecule has 1 unspecified atom stereocenters. The van der Waals surface area contributed by atoms with E-state index < -0.39 is 24.6 Å². The molecule has 1 aliphatic heterocycles. The van der Waals surface area contributed by atoms with Gasteiger partial charge in [0.2, 0.25) is 0 Å². The molecule has 6 nitrogen and oxygen atoms in total. The Morgan fingerprint density at radius 1 is 1.32 bits per heavy atom. The molecule has 1 fully saturated rings. The zero-order valence-corrected chi connectivity index (χ0v) is 10.6. The lowest BCUT2D eigenvalue weighted by Gasteiger charge is -2.38. The lowest BCUT2D eigenvalue weighted by molar-refractivity contribution is -0.280. The van der Waals surface area contributed by atoms with Crippen molar-refractivity contribution < 1.29 is 29.9 Å². The van der Waals surface area contributed by atoms with E-state index in [1.807, 2.05) is 12.2 Å². The maximum Gasteiger partial charge on any atom is 0.187 e. The number of allylic oxidation sites excluding steroid dienone is 2. The SMILES string of the molecule is OCC1=CC=CC[C@H]1O[C@@H]1O[C@H](CO)C[C@H](O)C1O. The number of aliphatic hydroxyl groups excluding tert-OH is 4. The molecule has 4 N–H and O–H groups in total. The highest BCUT2D eigenvalue weighted by atomic mass is 16.7. The summed E-state index contributed by atoms with van der Waals surface area (Å²) in [6.45, 7) is -0.374. The van der Waals surface area contributed by atoms with Gasteiger partial charge in [-0.1, -0.05) is 18.2 Å². The number of rotatable bonds is 4. The quantitative estimate of drug-likeness (QED) is 0.528. The Morgan fingerprint density at radius 2 is 2.11 bits per heavy atom. The highest BCUT2D eigenvalue weighted by molar-refractivity contribution is 5.22. The van der Waals surface area contributed by atoms with Gasteiger partial charge in [-0.15, -0.1) is 0 Å². The Kier molecular flexibility index (Phi) is 5.09. The molecule has 0 saturated carbocycles. The van der Waals surface area contributed by atoms with Gasteiger partial charge in [-0.05, 0) is 12.0 Å². The molecule has 1 heterocycles. The van der Waals surface area contributed by atoms with Gasteiger partial charge < -0.3 is 29.9 Å². The molecule has 5 atom stereocenters. The first-order valence-corrected chi connectivity index (χ1v) is 6.40. The number of hydrogen-bond donors (Lipinski definition) is 4. The van der Waals surface area contributed by atoms with Crippen LogP contribution < -0.4 is 0 Å². The fourth-order valence-electron chi connectivity index (χ4n) is 2.26. The molecule has 0 aromatic heterocycles. The van der Waals surface area contributed by atoms with Crippen LogP contribution in [0.4, 0.5) is 0 Å². The summed E-state index contributed by atoms with van der Waals surface area (Å²) < 4.78 is 11.0. The molecular formula is C13H20O6. The second-order valence-corrected chi connectivity index (χ2v) is 4.79. The normalized spacial score (nSPS) is 39.2. The molecule has 1 saturated heterocycles. The molecule has 1 aliphatic carbocycles. The third kappa shape index (κ3) is 3.42. The van der Waals surface area contributed by atoms with Gasteiger partial charge in [0.05, 0.1) is 31.5 Å². The van der Waals surface area contributed by atoms with Crippen LogP contribution in [0.2, 0.25) is 0 Å². The molecule has 19 heavy (non-hydrogen) atoms. The predicted molar refractivity (Wildman–Crippen MR) is 66.2 cm³/mol. The Hall–Kier alpha value is -0.760. The van der Waals surface area contributed by atoms with Gasteiger partial charge >= 0.3 is 0 Å². The third-order valence-corrected chi connectivity index (χ3v) is 3.40. The monoisotopic (exact) mass is 272 g/mol. The van der Waals surface area contributed by atoms with Crippen LogP contribution in [0.25, 0.3) is 0 Å². The standard InChI is InChI=1S/C13H20O6/c14-6-8-3-1-2-4-11(8)19-13-12(17)10(16)5-9(7-15)18-13/h1-3,9-17H,4-7H2/t9-,10-,11+,12?,13-/m0/s1. The lowest BCUT2D eigenvalue weighted by Crippen LogP contribution is -2.51. The Labute approximate surface area is 111 Å². The molecule has 0 aromatic rings. The zero-order valence-electron chi connectivity index (χ0n) is 10.6. The molecule has 6 heteroatoms. The summed E-state index contributed by atoms with van der Waals surface area (Å²) in [4.78, 5) is 0. The van der Waals surface area contributed by atoms with E-state index in [0.29, 0.717) is 12.0 Å². The lowest BCUT2D eigenvalue weighted by atomic mass is 10.0. The molecule has 0 spiro atoms. The summed E-state index contributed by atoms with van der Waals surface area (Å²) in [7, 11) is 0. The second kappa shape index (κ2) is 6.60. The van der Waals surface area contributed by atoms with Crippen molar-refractivity contribution in [3.63, 3.8) is 0 Å². The van der Waals surface area contributed by atoms with Crippen molar-refractivity contribution >= 4 is 0 Å². The van der Waals surface area contributed by atoms with Crippen LogP contribution in [0.1, 0.15) is 12.8 Å². The summed E-state index contributed by atoms with van der Waals surface area (Å²) in [6, 6.07) is 0. The highest BCUT2D eigenvalue weighted by Gasteiger charge is 2.38. The predicted octanol–water partition coefficient (Wildman–Crippen LogP) is -0.921. The summed E-state index contributed by atoms with van der Waals surface area (Å²) >= 11 is 0. The smallest absolute Gasteiger partial charge is 0.187 e. The summed E-state index contributed by atoms with van der Waals surface area (Å²) in [5.74, 6) is 0. The van der Waals surface area contributed by atoms with Crippen LogP contribution in [0, 0.1) is 0 Å². The maximum absolute atomic E-state index is 9.86. The molecule has 2 rings (SSSR count). The van der Waals surface area contributed by atoms with Gasteiger partial charge in [0.25, 0.3) is 0 Å². The van der Waals surface area contributed by atoms with Crippen molar-refractivity contribution in [2.75, 3.05) is 13.2 Å². The van der Waals surface area contributed by atoms with E-state index in [4.69, 9.17) is 14.6 Å². The van der Waals surface area contributed by atoms with Gasteiger partial charge in [-0.25, -0.2) is 0 Å². The van der Waals surface area contributed by atoms with Crippen molar-refractivity contribution in [3.05, 3.63) is 23.8 Å². The van der Waals surface area contributed by atoms with E-state index in [-0.39, 0.29) is 25.7 Å². The van der Waals surface area contributed by atoms with Crippen LogP contribution >= 0.6 is 0 Å². The molecule has 0 bridgehead atoms. The van der Waals surface area contributed by atoms with E-state index in [2.05, 4.69) is 0 Å². The third-order valence-electron chi connectivity index (χ3n) is 3.40. The minimum Gasteiger partial charge on any atom is -0.394 e. The molecule has 0 radical (unpaired) electrons. The second-order valence-electron chi connectivity index (χ2n) is 4.79. The van der Waals surface area contributed by atoms with Crippen LogP contribution in [-0.2, 0) is 9.47 Å². The van der Waals surface area contributed by atoms with E-state index in [1.54, 1.807) is 6.08 Å². The average molecular weight is 272 g/mol. The molecular weight excluding hydrogens is 252 g/mol. The molecule has 108 valence electrons. The van der Waals surface area contributed by atoms with Crippen molar-refractivity contribution in [1.82, 2.24) is 0 Å². The Morgan fingerprint density at radius 3 is 2.79 bits per heavy atom. The van der Waals surface area contributed by atoms with Crippen LogP contribution in [0.15, 0.2) is 23.8 Å². The highest BCUT2D eigenvalue weighted by Crippen LogP contribution is 2.26. The first-order chi connectivity index (χ1) is 9.15. The minimum absolute atomic E-state index is 0.135. The summed E-state index contributed by atoms with van der Waals surface area (Å²) in [5, 5.41) is 37.9. The van der Waals surface area contributed by atoms with Gasteiger partial charge in [0.1, 0.15) is 6.10 Å². The van der Waals surface area contributed by atoms with Crippen molar-refractivity contribution in [2.24, 2.45) is 0 Å². The van der Waals surface area contributed by atoms with Crippen LogP contribution in [0.5, 0.6) is 0 Å². The first kappa shape index (κ1) is 14.6. The van der Waals surface area contributed by atoms with Crippen molar-refractivity contribution in [1.29, 1.82) is 0 Å².